The molecule has 0 bridgehead atoms. The quantitative estimate of drug-likeness (QED) is 0.819. The van der Waals surface area contributed by atoms with Crippen LogP contribution in [-0.4, -0.2) is 36.5 Å². The fourth-order valence-corrected chi connectivity index (χ4v) is 2.84. The molecule has 1 atom stereocenters. The number of hydrogen-bond donors (Lipinski definition) is 1. The van der Waals surface area contributed by atoms with Gasteiger partial charge in [-0.3, -0.25) is 4.79 Å². The van der Waals surface area contributed by atoms with E-state index in [9.17, 15) is 4.79 Å². The maximum Gasteiger partial charge on any atom is 0.243 e. The van der Waals surface area contributed by atoms with Gasteiger partial charge in [-0.05, 0) is 43.4 Å². The molecule has 1 heterocycles. The van der Waals surface area contributed by atoms with Gasteiger partial charge < -0.3 is 10.2 Å². The lowest BCUT2D eigenvalue weighted by Gasteiger charge is -2.33. The molecule has 2 rings (SSSR count). The molecule has 0 spiro atoms. The second-order valence-electron chi connectivity index (χ2n) is 6.49. The maximum atomic E-state index is 11.9. The lowest BCUT2D eigenvalue weighted by molar-refractivity contribution is -0.117. The molecule has 1 aliphatic rings. The van der Waals surface area contributed by atoms with Crippen LogP contribution in [0.3, 0.4) is 0 Å². The fourth-order valence-electron chi connectivity index (χ4n) is 2.84. The van der Waals surface area contributed by atoms with Gasteiger partial charge in [0.2, 0.25) is 5.91 Å². The Bertz CT molecular complexity index is 481. The Morgan fingerprint density at radius 1 is 1.36 bits per heavy atom. The largest absolute Gasteiger partial charge is 0.349 e. The van der Waals surface area contributed by atoms with Crippen LogP contribution in [0.1, 0.15) is 32.3 Å². The van der Waals surface area contributed by atoms with E-state index in [1.54, 1.807) is 6.08 Å². The first kappa shape index (κ1) is 16.8. The van der Waals surface area contributed by atoms with E-state index in [-0.39, 0.29) is 11.9 Å². The zero-order chi connectivity index (χ0) is 15.8. The zero-order valence-corrected chi connectivity index (χ0v) is 13.8. The molecular formula is C19H28N2O. The highest BCUT2D eigenvalue weighted by atomic mass is 16.1. The number of nitrogens with zero attached hydrogens (tertiary/aromatic N) is 1. The number of rotatable bonds is 6. The molecule has 1 amide bonds. The van der Waals surface area contributed by atoms with Gasteiger partial charge in [0, 0.05) is 19.1 Å². The van der Waals surface area contributed by atoms with Crippen molar-refractivity contribution in [2.24, 2.45) is 5.92 Å². The summed E-state index contributed by atoms with van der Waals surface area (Å²) in [5, 5.41) is 3.13. The smallest absolute Gasteiger partial charge is 0.243 e. The van der Waals surface area contributed by atoms with Gasteiger partial charge in [-0.1, -0.05) is 50.3 Å². The van der Waals surface area contributed by atoms with E-state index in [0.29, 0.717) is 5.92 Å². The summed E-state index contributed by atoms with van der Waals surface area (Å²) in [5.41, 5.74) is 1.38. The molecule has 0 saturated carbocycles. The average Bonchev–Trinajstić information content (AvgIpc) is 2.52. The van der Waals surface area contributed by atoms with Crippen molar-refractivity contribution in [2.75, 3.05) is 19.6 Å². The van der Waals surface area contributed by atoms with Crippen molar-refractivity contribution in [3.63, 3.8) is 0 Å². The highest BCUT2D eigenvalue weighted by Gasteiger charge is 2.20. The van der Waals surface area contributed by atoms with Crippen LogP contribution in [0.2, 0.25) is 0 Å². The topological polar surface area (TPSA) is 32.3 Å². The highest BCUT2D eigenvalue weighted by molar-refractivity contribution is 5.87. The monoisotopic (exact) mass is 300 g/mol. The van der Waals surface area contributed by atoms with Crippen molar-refractivity contribution in [3.8, 4) is 0 Å². The Morgan fingerprint density at radius 2 is 2.14 bits per heavy atom. The molecule has 3 heteroatoms. The third-order valence-corrected chi connectivity index (χ3v) is 4.04. The molecule has 0 aromatic heterocycles. The van der Waals surface area contributed by atoms with E-state index in [2.05, 4.69) is 54.4 Å². The number of benzene rings is 1. The van der Waals surface area contributed by atoms with Gasteiger partial charge in [-0.25, -0.2) is 0 Å². The van der Waals surface area contributed by atoms with E-state index >= 15 is 0 Å². The average molecular weight is 300 g/mol. The Hall–Kier alpha value is -1.61. The fraction of sp³-hybridized carbons (Fsp3) is 0.526. The van der Waals surface area contributed by atoms with Gasteiger partial charge in [-0.2, -0.15) is 0 Å². The number of amides is 1. The SMILES string of the molecule is CC(C)/C=C/C(=O)NC1CCCN(CCc2ccccc2)C1. The van der Waals surface area contributed by atoms with Crippen LogP contribution in [0.25, 0.3) is 0 Å². The van der Waals surface area contributed by atoms with Gasteiger partial charge >= 0.3 is 0 Å². The zero-order valence-electron chi connectivity index (χ0n) is 13.8. The minimum atomic E-state index is 0.0450. The van der Waals surface area contributed by atoms with Crippen LogP contribution in [0.5, 0.6) is 0 Å². The van der Waals surface area contributed by atoms with E-state index in [1.807, 2.05) is 6.08 Å². The first-order valence-corrected chi connectivity index (χ1v) is 8.38. The van der Waals surface area contributed by atoms with Crippen molar-refractivity contribution in [2.45, 2.75) is 39.2 Å². The minimum absolute atomic E-state index is 0.0450. The minimum Gasteiger partial charge on any atom is -0.349 e. The Labute approximate surface area is 134 Å². The molecule has 1 saturated heterocycles. The summed E-state index contributed by atoms with van der Waals surface area (Å²) >= 11 is 0. The Balaban J connectivity index is 1.75. The summed E-state index contributed by atoms with van der Waals surface area (Å²) < 4.78 is 0. The van der Waals surface area contributed by atoms with Gasteiger partial charge in [0.1, 0.15) is 0 Å². The summed E-state index contributed by atoms with van der Waals surface area (Å²) in [6.07, 6.45) is 6.95. The molecule has 1 unspecified atom stereocenters. The van der Waals surface area contributed by atoms with Gasteiger partial charge in [-0.15, -0.1) is 0 Å². The Morgan fingerprint density at radius 3 is 2.86 bits per heavy atom. The number of hydrogen-bond acceptors (Lipinski definition) is 2. The number of carbonyl (C=O) groups excluding carboxylic acids is 1. The second-order valence-corrected chi connectivity index (χ2v) is 6.49. The van der Waals surface area contributed by atoms with E-state index in [0.717, 1.165) is 38.9 Å². The van der Waals surface area contributed by atoms with Crippen molar-refractivity contribution in [3.05, 3.63) is 48.0 Å². The predicted molar refractivity (Wildman–Crippen MR) is 91.7 cm³/mol. The van der Waals surface area contributed by atoms with Crippen molar-refractivity contribution in [1.82, 2.24) is 10.2 Å². The summed E-state index contributed by atoms with van der Waals surface area (Å²) in [6.45, 7) is 7.33. The van der Waals surface area contributed by atoms with Crippen LogP contribution in [0.15, 0.2) is 42.5 Å². The molecule has 0 radical (unpaired) electrons. The number of carbonyl (C=O) groups is 1. The standard InChI is InChI=1S/C19H28N2O/c1-16(2)10-11-19(22)20-18-9-6-13-21(15-18)14-12-17-7-4-3-5-8-17/h3-5,7-8,10-11,16,18H,6,9,12-15H2,1-2H3,(H,20,22)/b11-10+. The highest BCUT2D eigenvalue weighted by Crippen LogP contribution is 2.11. The molecule has 1 aromatic carbocycles. The second kappa shape index (κ2) is 8.74. The molecule has 1 aromatic rings. The molecular weight excluding hydrogens is 272 g/mol. The molecule has 1 aliphatic heterocycles. The van der Waals surface area contributed by atoms with Crippen molar-refractivity contribution < 1.29 is 4.79 Å². The third-order valence-electron chi connectivity index (χ3n) is 4.04. The lowest BCUT2D eigenvalue weighted by atomic mass is 10.0. The van der Waals surface area contributed by atoms with Crippen LogP contribution in [0, 0.1) is 5.92 Å². The van der Waals surface area contributed by atoms with E-state index in [1.165, 1.54) is 5.56 Å². The normalized spacial score (nSPS) is 19.7. The molecule has 1 N–H and O–H groups in total. The summed E-state index contributed by atoms with van der Waals surface area (Å²) in [4.78, 5) is 14.4. The summed E-state index contributed by atoms with van der Waals surface area (Å²) in [6, 6.07) is 10.9. The number of piperidine rings is 1. The number of nitrogens with one attached hydrogen (secondary N) is 1. The predicted octanol–water partition coefficient (Wildman–Crippen LogP) is 3.02. The first-order valence-electron chi connectivity index (χ1n) is 8.38. The molecule has 120 valence electrons. The molecule has 1 fully saturated rings. The first-order chi connectivity index (χ1) is 10.6. The van der Waals surface area contributed by atoms with Crippen molar-refractivity contribution in [1.29, 1.82) is 0 Å². The van der Waals surface area contributed by atoms with Gasteiger partial charge in [0.15, 0.2) is 0 Å². The van der Waals surface area contributed by atoms with E-state index < -0.39 is 0 Å². The lowest BCUT2D eigenvalue weighted by Crippen LogP contribution is -2.47. The van der Waals surface area contributed by atoms with Crippen LogP contribution >= 0.6 is 0 Å². The summed E-state index contributed by atoms with van der Waals surface area (Å²) in [7, 11) is 0. The Kier molecular flexibility index (Phi) is 6.66. The molecule has 3 nitrogen and oxygen atoms in total. The van der Waals surface area contributed by atoms with E-state index in [4.69, 9.17) is 0 Å². The van der Waals surface area contributed by atoms with Crippen molar-refractivity contribution >= 4 is 5.91 Å². The maximum absolute atomic E-state index is 11.9. The number of allylic oxidation sites excluding steroid dienone is 1. The van der Waals surface area contributed by atoms with Gasteiger partial charge in [0.25, 0.3) is 0 Å². The number of likely N-dealkylation sites (tertiary alicyclic amines) is 1. The van der Waals surface area contributed by atoms with Gasteiger partial charge in [0.05, 0.1) is 0 Å². The molecule has 0 aliphatic carbocycles. The third kappa shape index (κ3) is 6.02. The van der Waals surface area contributed by atoms with Crippen LogP contribution < -0.4 is 5.32 Å². The van der Waals surface area contributed by atoms with Crippen LogP contribution in [0.4, 0.5) is 0 Å². The van der Waals surface area contributed by atoms with Crippen LogP contribution in [-0.2, 0) is 11.2 Å². The summed E-state index contributed by atoms with van der Waals surface area (Å²) in [5.74, 6) is 0.461. The molecule has 22 heavy (non-hydrogen) atoms.